The van der Waals surface area contributed by atoms with Gasteiger partial charge in [0.2, 0.25) is 11.8 Å². The number of hydrogen-bond donors (Lipinski definition) is 1. The highest BCUT2D eigenvalue weighted by molar-refractivity contribution is 7.92. The highest BCUT2D eigenvalue weighted by Gasteiger charge is 2.37. The average molecular weight is 645 g/mol. The molecule has 42 heavy (non-hydrogen) atoms. The second kappa shape index (κ2) is 12.9. The van der Waals surface area contributed by atoms with Gasteiger partial charge in [0, 0.05) is 17.1 Å². The summed E-state index contributed by atoms with van der Waals surface area (Å²) in [4.78, 5) is 27.9. The number of hydrogen-bond acceptors (Lipinski definition) is 4. The maximum Gasteiger partial charge on any atom is 0.417 e. The van der Waals surface area contributed by atoms with Gasteiger partial charge < -0.3 is 10.2 Å². The molecule has 0 radical (unpaired) electrons. The van der Waals surface area contributed by atoms with Crippen LogP contribution in [-0.4, -0.2) is 43.3 Å². The summed E-state index contributed by atoms with van der Waals surface area (Å²) in [5.41, 5.74) is -1.74. The molecule has 0 bridgehead atoms. The quantitative estimate of drug-likeness (QED) is 0.287. The Labute approximate surface area is 253 Å². The monoisotopic (exact) mass is 643 g/mol. The van der Waals surface area contributed by atoms with E-state index < -0.39 is 62.4 Å². The Bertz CT molecular complexity index is 1530. The topological polar surface area (TPSA) is 86.8 Å². The molecule has 7 nitrogen and oxygen atoms in total. The number of halogens is 5. The Balaban J connectivity index is 2.11. The first kappa shape index (κ1) is 33.2. The molecule has 1 unspecified atom stereocenters. The van der Waals surface area contributed by atoms with Crippen molar-refractivity contribution in [2.24, 2.45) is 0 Å². The lowest BCUT2D eigenvalue weighted by Gasteiger charge is -2.33. The molecule has 0 aliphatic rings. The van der Waals surface area contributed by atoms with E-state index in [0.29, 0.717) is 21.0 Å². The van der Waals surface area contributed by atoms with Crippen molar-refractivity contribution >= 4 is 50.7 Å². The van der Waals surface area contributed by atoms with Crippen molar-refractivity contribution in [1.82, 2.24) is 10.2 Å². The van der Waals surface area contributed by atoms with Gasteiger partial charge in [-0.2, -0.15) is 13.2 Å². The lowest BCUT2D eigenvalue weighted by molar-refractivity contribution is -0.140. The van der Waals surface area contributed by atoms with Crippen LogP contribution in [0.1, 0.15) is 38.8 Å². The van der Waals surface area contributed by atoms with E-state index in [-0.39, 0.29) is 11.4 Å². The van der Waals surface area contributed by atoms with Gasteiger partial charge in [0.1, 0.15) is 12.6 Å². The normalized spacial score (nSPS) is 12.9. The number of carbonyl (C=O) groups excluding carboxylic acids is 2. The predicted octanol–water partition coefficient (Wildman–Crippen LogP) is 6.54. The van der Waals surface area contributed by atoms with E-state index in [4.69, 9.17) is 23.2 Å². The molecule has 1 atom stereocenters. The Hall–Kier alpha value is -3.28. The Kier molecular flexibility index (Phi) is 10.2. The fraction of sp³-hybridized carbons (Fsp3) is 0.310. The highest BCUT2D eigenvalue weighted by Crippen LogP contribution is 2.38. The molecular formula is C29H30Cl2F3N3O4S. The minimum Gasteiger partial charge on any atom is -0.350 e. The fourth-order valence-corrected chi connectivity index (χ4v) is 5.75. The van der Waals surface area contributed by atoms with E-state index in [0.717, 1.165) is 12.1 Å². The van der Waals surface area contributed by atoms with Gasteiger partial charge in [-0.1, -0.05) is 53.5 Å². The van der Waals surface area contributed by atoms with Crippen LogP contribution in [0.25, 0.3) is 0 Å². The molecule has 13 heteroatoms. The summed E-state index contributed by atoms with van der Waals surface area (Å²) in [6, 6.07) is 15.0. The van der Waals surface area contributed by atoms with Crippen LogP contribution in [0, 0.1) is 0 Å². The van der Waals surface area contributed by atoms with E-state index in [1.165, 1.54) is 36.1 Å². The molecule has 3 aromatic rings. The van der Waals surface area contributed by atoms with Gasteiger partial charge in [-0.05, 0) is 75.7 Å². The summed E-state index contributed by atoms with van der Waals surface area (Å²) in [6.45, 7) is 5.75. The zero-order valence-corrected chi connectivity index (χ0v) is 25.6. The van der Waals surface area contributed by atoms with Gasteiger partial charge >= 0.3 is 6.18 Å². The molecule has 226 valence electrons. The van der Waals surface area contributed by atoms with Crippen molar-refractivity contribution in [3.8, 4) is 0 Å². The number of alkyl halides is 3. The predicted molar refractivity (Wildman–Crippen MR) is 157 cm³/mol. The molecule has 0 aliphatic heterocycles. The lowest BCUT2D eigenvalue weighted by Crippen LogP contribution is -2.54. The number of carbonyl (C=O) groups is 2. The van der Waals surface area contributed by atoms with Crippen molar-refractivity contribution < 1.29 is 31.2 Å². The van der Waals surface area contributed by atoms with E-state index in [1.807, 2.05) is 0 Å². The molecule has 3 rings (SSSR count). The Morgan fingerprint density at radius 1 is 0.929 bits per heavy atom. The summed E-state index contributed by atoms with van der Waals surface area (Å²) < 4.78 is 69.3. The zero-order valence-electron chi connectivity index (χ0n) is 23.2. The molecule has 2 amide bonds. The second-order valence-corrected chi connectivity index (χ2v) is 13.3. The van der Waals surface area contributed by atoms with Gasteiger partial charge in [0.05, 0.1) is 21.2 Å². The van der Waals surface area contributed by atoms with Gasteiger partial charge in [-0.3, -0.25) is 13.9 Å². The lowest BCUT2D eigenvalue weighted by atomic mass is 10.1. The average Bonchev–Trinajstić information content (AvgIpc) is 2.90. The first-order chi connectivity index (χ1) is 19.4. The van der Waals surface area contributed by atoms with Crippen molar-refractivity contribution in [3.63, 3.8) is 0 Å². The summed E-state index contributed by atoms with van der Waals surface area (Å²) in [6.07, 6.45) is -4.89. The zero-order chi connectivity index (χ0) is 31.5. The van der Waals surface area contributed by atoms with Crippen molar-refractivity contribution in [3.05, 3.63) is 94.0 Å². The molecule has 0 heterocycles. The van der Waals surface area contributed by atoms with E-state index in [9.17, 15) is 31.2 Å². The number of benzene rings is 3. The number of amides is 2. The summed E-state index contributed by atoms with van der Waals surface area (Å²) >= 11 is 11.8. The van der Waals surface area contributed by atoms with Crippen LogP contribution in [0.4, 0.5) is 18.9 Å². The van der Waals surface area contributed by atoms with Crippen LogP contribution in [0.2, 0.25) is 10.0 Å². The van der Waals surface area contributed by atoms with Crippen molar-refractivity contribution in [1.29, 1.82) is 0 Å². The fourth-order valence-electron chi connectivity index (χ4n) is 3.98. The van der Waals surface area contributed by atoms with Gasteiger partial charge in [-0.25, -0.2) is 8.42 Å². The number of nitrogens with one attached hydrogen (secondary N) is 1. The molecule has 0 aliphatic carbocycles. The molecule has 0 fully saturated rings. The van der Waals surface area contributed by atoms with Crippen LogP contribution in [-0.2, 0) is 32.3 Å². The third kappa shape index (κ3) is 8.39. The van der Waals surface area contributed by atoms with E-state index in [2.05, 4.69) is 5.32 Å². The molecular weight excluding hydrogens is 614 g/mol. The molecule has 1 N–H and O–H groups in total. The summed E-state index contributed by atoms with van der Waals surface area (Å²) in [5.74, 6) is -1.34. The van der Waals surface area contributed by atoms with Crippen LogP contribution >= 0.6 is 23.2 Å². The maximum absolute atomic E-state index is 13.9. The van der Waals surface area contributed by atoms with E-state index in [1.54, 1.807) is 51.1 Å². The standard InChI is InChI=1S/C29H30Cl2F3N3O4S/c1-19(27(39)35-28(2,3)4)36(17-20-10-12-21(30)13-11-20)26(38)18-37(42(40,41)23-8-6-5-7-9-23)22-14-15-25(31)24(16-22)29(32,33)34/h5-16,19H,17-18H2,1-4H3,(H,35,39). The Morgan fingerprint density at radius 2 is 1.52 bits per heavy atom. The highest BCUT2D eigenvalue weighted by atomic mass is 35.5. The Morgan fingerprint density at radius 3 is 2.07 bits per heavy atom. The van der Waals surface area contributed by atoms with E-state index >= 15 is 0 Å². The van der Waals surface area contributed by atoms with Crippen LogP contribution < -0.4 is 9.62 Å². The first-order valence-electron chi connectivity index (χ1n) is 12.7. The van der Waals surface area contributed by atoms with Gasteiger partial charge in [0.25, 0.3) is 10.0 Å². The molecule has 0 spiro atoms. The number of rotatable bonds is 9. The van der Waals surface area contributed by atoms with Crippen LogP contribution in [0.3, 0.4) is 0 Å². The summed E-state index contributed by atoms with van der Waals surface area (Å²) in [5, 5.41) is 2.61. The van der Waals surface area contributed by atoms with Crippen molar-refractivity contribution in [2.75, 3.05) is 10.8 Å². The minimum absolute atomic E-state index is 0.109. The molecule has 3 aromatic carbocycles. The number of sulfonamides is 1. The second-order valence-electron chi connectivity index (χ2n) is 10.5. The first-order valence-corrected chi connectivity index (χ1v) is 14.9. The SMILES string of the molecule is CC(C(=O)NC(C)(C)C)N(Cc1ccc(Cl)cc1)C(=O)CN(c1ccc(Cl)c(C(F)(F)F)c1)S(=O)(=O)c1ccccc1. The molecule has 0 saturated heterocycles. The van der Waals surface area contributed by atoms with Gasteiger partial charge in [0.15, 0.2) is 0 Å². The third-order valence-electron chi connectivity index (χ3n) is 6.09. The third-order valence-corrected chi connectivity index (χ3v) is 8.45. The van der Waals surface area contributed by atoms with Gasteiger partial charge in [-0.15, -0.1) is 0 Å². The van der Waals surface area contributed by atoms with Crippen LogP contribution in [0.15, 0.2) is 77.7 Å². The molecule has 0 aromatic heterocycles. The van der Waals surface area contributed by atoms with Crippen LogP contribution in [0.5, 0.6) is 0 Å². The van der Waals surface area contributed by atoms with Crippen molar-refractivity contribution in [2.45, 2.75) is 56.9 Å². The summed E-state index contributed by atoms with van der Waals surface area (Å²) in [7, 11) is -4.55. The largest absolute Gasteiger partial charge is 0.417 e. The smallest absolute Gasteiger partial charge is 0.350 e. The molecule has 0 saturated carbocycles. The number of nitrogens with zero attached hydrogens (tertiary/aromatic N) is 2. The number of anilines is 1. The maximum atomic E-state index is 13.9. The minimum atomic E-state index is -4.89.